The first-order valence-electron chi connectivity index (χ1n) is 6.93. The lowest BCUT2D eigenvalue weighted by atomic mass is 10.1. The van der Waals surface area contributed by atoms with Gasteiger partial charge in [-0.1, -0.05) is 70.5 Å². The smallest absolute Gasteiger partial charge is 0.179 e. The molecule has 24 heavy (non-hydrogen) atoms. The van der Waals surface area contributed by atoms with E-state index in [9.17, 15) is 0 Å². The van der Waals surface area contributed by atoms with Gasteiger partial charge in [-0.2, -0.15) is 10.2 Å². The van der Waals surface area contributed by atoms with Crippen LogP contribution in [0.4, 0.5) is 0 Å². The summed E-state index contributed by atoms with van der Waals surface area (Å²) in [6.07, 6.45) is 0. The maximum atomic E-state index is 5.23. The first-order valence-corrected chi connectivity index (χ1v) is 11.4. The maximum absolute atomic E-state index is 5.23. The van der Waals surface area contributed by atoms with Gasteiger partial charge in [0.1, 0.15) is 0 Å². The Bertz CT molecular complexity index is 873. The third kappa shape index (κ3) is 4.55. The molecule has 0 bridgehead atoms. The van der Waals surface area contributed by atoms with Crippen molar-refractivity contribution in [3.05, 3.63) is 43.3 Å². The van der Waals surface area contributed by atoms with Crippen LogP contribution in [-0.4, -0.2) is 19.6 Å². The van der Waals surface area contributed by atoms with Gasteiger partial charge in [0.2, 0.25) is 0 Å². The molecule has 4 nitrogen and oxygen atoms in total. The van der Waals surface area contributed by atoms with Crippen molar-refractivity contribution in [1.82, 2.24) is 19.6 Å². The Morgan fingerprint density at radius 2 is 1.29 bits per heavy atom. The molecular formula is C14H14N4S6. The molecule has 126 valence electrons. The highest BCUT2D eigenvalue weighted by atomic mass is 32.2. The third-order valence-corrected chi connectivity index (χ3v) is 8.36. The molecular weight excluding hydrogens is 417 g/mol. The summed E-state index contributed by atoms with van der Waals surface area (Å²) < 4.78 is 7.12. The maximum Gasteiger partial charge on any atom is 0.179 e. The number of hydrogen-bond acceptors (Lipinski definition) is 8. The normalized spacial score (nSPS) is 11.1. The highest BCUT2D eigenvalue weighted by Gasteiger charge is 2.08. The molecule has 0 aliphatic carbocycles. The number of aromatic nitrogens is 4. The van der Waals surface area contributed by atoms with E-state index in [2.05, 4.69) is 34.5 Å². The van der Waals surface area contributed by atoms with Crippen LogP contribution in [0, 0.1) is 7.91 Å². The Hall–Kier alpha value is -0.520. The molecule has 2 heterocycles. The summed E-state index contributed by atoms with van der Waals surface area (Å²) in [7, 11) is 3.77. The van der Waals surface area contributed by atoms with Gasteiger partial charge in [-0.05, 0) is 35.6 Å². The van der Waals surface area contributed by atoms with Gasteiger partial charge in [-0.15, -0.1) is 0 Å². The molecule has 3 aromatic rings. The van der Waals surface area contributed by atoms with Gasteiger partial charge in [-0.3, -0.25) is 0 Å². The minimum atomic E-state index is 0.803. The minimum absolute atomic E-state index is 0.803. The molecule has 0 radical (unpaired) electrons. The van der Waals surface area contributed by atoms with Gasteiger partial charge in [0.25, 0.3) is 0 Å². The highest BCUT2D eigenvalue weighted by molar-refractivity contribution is 8.00. The zero-order valence-electron chi connectivity index (χ0n) is 13.0. The first-order chi connectivity index (χ1) is 11.5. The summed E-state index contributed by atoms with van der Waals surface area (Å²) in [4.78, 5) is 0. The van der Waals surface area contributed by atoms with Crippen LogP contribution >= 0.6 is 70.6 Å². The average Bonchev–Trinajstić information content (AvgIpc) is 3.06. The second kappa shape index (κ2) is 8.24. The van der Waals surface area contributed by atoms with E-state index in [1.807, 2.05) is 14.1 Å². The lowest BCUT2D eigenvalue weighted by Crippen LogP contribution is -1.92. The Kier molecular flexibility index (Phi) is 6.27. The predicted molar refractivity (Wildman–Crippen MR) is 109 cm³/mol. The molecule has 2 aromatic heterocycles. The summed E-state index contributed by atoms with van der Waals surface area (Å²) in [6.45, 7) is 0. The largest absolute Gasteiger partial charge is 0.247 e. The number of nitrogens with zero attached hydrogens (tertiary/aromatic N) is 4. The minimum Gasteiger partial charge on any atom is -0.247 e. The molecule has 0 N–H and O–H groups in total. The van der Waals surface area contributed by atoms with E-state index in [0.717, 1.165) is 28.1 Å². The molecule has 0 amide bonds. The molecule has 0 fully saturated rings. The zero-order chi connectivity index (χ0) is 17.1. The fraction of sp³-hybridized carbons (Fsp3) is 0.286. The molecule has 3 rings (SSSR count). The molecule has 0 saturated heterocycles. The van der Waals surface area contributed by atoms with Gasteiger partial charge >= 0.3 is 0 Å². The van der Waals surface area contributed by atoms with Gasteiger partial charge in [-0.25, -0.2) is 9.36 Å². The monoisotopic (exact) mass is 430 g/mol. The Morgan fingerprint density at radius 3 is 1.62 bits per heavy atom. The van der Waals surface area contributed by atoms with Crippen LogP contribution in [0.3, 0.4) is 0 Å². The summed E-state index contributed by atoms with van der Waals surface area (Å²) in [5.41, 5.74) is 2.64. The molecule has 0 unspecified atom stereocenters. The van der Waals surface area contributed by atoms with E-state index in [-0.39, 0.29) is 0 Å². The standard InChI is InChI=1S/C14H14N4S6/c1-17-13(19)23-11(15-17)21-7-9-5-3-4-6-10(9)8-22-12-16-18(2)14(20)24-12/h3-6H,7-8H2,1-2H3. The van der Waals surface area contributed by atoms with Crippen molar-refractivity contribution in [2.24, 2.45) is 14.1 Å². The molecule has 0 aliphatic rings. The Labute approximate surface area is 166 Å². The van der Waals surface area contributed by atoms with Gasteiger partial charge in [0.05, 0.1) is 0 Å². The molecule has 10 heteroatoms. The van der Waals surface area contributed by atoms with Crippen LogP contribution in [-0.2, 0) is 25.6 Å². The fourth-order valence-electron chi connectivity index (χ4n) is 1.88. The molecule has 1 aromatic carbocycles. The number of hydrogen-bond donors (Lipinski definition) is 0. The summed E-state index contributed by atoms with van der Waals surface area (Å²) in [5.74, 6) is 1.77. The van der Waals surface area contributed by atoms with Crippen molar-refractivity contribution in [3.8, 4) is 0 Å². The fourth-order valence-corrected chi connectivity index (χ4v) is 6.51. The SMILES string of the molecule is Cn1nc(SCc2ccccc2CSc2nn(C)c(=S)s2)sc1=S. The second-order valence-corrected chi connectivity index (χ2v) is 10.6. The predicted octanol–water partition coefficient (Wildman–Crippen LogP) is 5.32. The van der Waals surface area contributed by atoms with E-state index >= 15 is 0 Å². The highest BCUT2D eigenvalue weighted by Crippen LogP contribution is 2.30. The number of aryl methyl sites for hydroxylation is 2. The van der Waals surface area contributed by atoms with Crippen molar-refractivity contribution in [1.29, 1.82) is 0 Å². The first kappa shape index (κ1) is 18.3. The number of rotatable bonds is 6. The lowest BCUT2D eigenvalue weighted by molar-refractivity contribution is 0.729. The zero-order valence-corrected chi connectivity index (χ0v) is 17.9. The van der Waals surface area contributed by atoms with E-state index in [0.29, 0.717) is 0 Å². The molecule has 0 saturated carbocycles. The Balaban J connectivity index is 1.68. The van der Waals surface area contributed by atoms with Gasteiger partial charge in [0.15, 0.2) is 16.6 Å². The second-order valence-electron chi connectivity index (χ2n) is 4.86. The molecule has 0 aliphatic heterocycles. The van der Waals surface area contributed by atoms with Crippen LogP contribution < -0.4 is 0 Å². The average molecular weight is 431 g/mol. The quantitative estimate of drug-likeness (QED) is 0.389. The van der Waals surface area contributed by atoms with Crippen molar-refractivity contribution in [3.63, 3.8) is 0 Å². The van der Waals surface area contributed by atoms with Crippen LogP contribution in [0.15, 0.2) is 32.9 Å². The van der Waals surface area contributed by atoms with Crippen LogP contribution in [0.1, 0.15) is 11.1 Å². The lowest BCUT2D eigenvalue weighted by Gasteiger charge is -2.07. The van der Waals surface area contributed by atoms with Crippen LogP contribution in [0.5, 0.6) is 0 Å². The summed E-state index contributed by atoms with van der Waals surface area (Å²) in [5, 5.41) is 8.85. The van der Waals surface area contributed by atoms with E-state index in [4.69, 9.17) is 24.4 Å². The van der Waals surface area contributed by atoms with Crippen molar-refractivity contribution >= 4 is 70.6 Å². The van der Waals surface area contributed by atoms with Crippen LogP contribution in [0.25, 0.3) is 0 Å². The van der Waals surface area contributed by atoms with E-state index in [1.165, 1.54) is 11.1 Å². The van der Waals surface area contributed by atoms with Crippen LogP contribution in [0.2, 0.25) is 0 Å². The molecule has 0 atom stereocenters. The van der Waals surface area contributed by atoms with E-state index in [1.54, 1.807) is 55.6 Å². The van der Waals surface area contributed by atoms with Crippen molar-refractivity contribution < 1.29 is 0 Å². The van der Waals surface area contributed by atoms with Gasteiger partial charge in [0, 0.05) is 25.6 Å². The molecule has 0 spiro atoms. The summed E-state index contributed by atoms with van der Waals surface area (Å²) >= 11 is 17.0. The van der Waals surface area contributed by atoms with E-state index < -0.39 is 0 Å². The van der Waals surface area contributed by atoms with Crippen molar-refractivity contribution in [2.45, 2.75) is 20.2 Å². The van der Waals surface area contributed by atoms with Crippen molar-refractivity contribution in [2.75, 3.05) is 0 Å². The topological polar surface area (TPSA) is 35.6 Å². The number of thioether (sulfide) groups is 2. The summed E-state index contributed by atoms with van der Waals surface area (Å²) in [6, 6.07) is 8.50. The Morgan fingerprint density at radius 1 is 0.875 bits per heavy atom. The van der Waals surface area contributed by atoms with Gasteiger partial charge < -0.3 is 0 Å². The third-order valence-electron chi connectivity index (χ3n) is 3.16. The number of benzene rings is 1.